The van der Waals surface area contributed by atoms with Gasteiger partial charge in [-0.2, -0.15) is 0 Å². The van der Waals surface area contributed by atoms with Gasteiger partial charge >= 0.3 is 0 Å². The molecule has 0 unspecified atom stereocenters. The number of aromatic nitrogens is 2. The first-order valence-corrected chi connectivity index (χ1v) is 14.9. The van der Waals surface area contributed by atoms with Gasteiger partial charge in [0, 0.05) is 22.3 Å². The van der Waals surface area contributed by atoms with Crippen molar-refractivity contribution in [1.29, 1.82) is 0 Å². The molecule has 7 rings (SSSR count). The predicted molar refractivity (Wildman–Crippen MR) is 187 cm³/mol. The van der Waals surface area contributed by atoms with E-state index < -0.39 is 0 Å². The smallest absolute Gasteiger partial charge is 0.106 e. The quantitative estimate of drug-likeness (QED) is 0.133. The van der Waals surface area contributed by atoms with Crippen LogP contribution in [0.1, 0.15) is 44.5 Å². The van der Waals surface area contributed by atoms with Gasteiger partial charge < -0.3 is 0 Å². The third-order valence-corrected chi connectivity index (χ3v) is 7.21. The van der Waals surface area contributed by atoms with Gasteiger partial charge in [0.2, 0.25) is 0 Å². The highest BCUT2D eigenvalue weighted by atomic mass is 14.8. The summed E-state index contributed by atoms with van der Waals surface area (Å²) < 4.78 is 0. The Balaban J connectivity index is 1.49. The molecule has 1 heterocycles. The maximum atomic E-state index is 5.23. The van der Waals surface area contributed by atoms with Gasteiger partial charge in [0.1, 0.15) is 22.1 Å². The largest absolute Gasteiger partial charge is 0.242 e. The first-order chi connectivity index (χ1) is 22.8. The molecule has 0 fully saturated rings. The van der Waals surface area contributed by atoms with E-state index in [0.29, 0.717) is 22.1 Å². The molecule has 0 aliphatic rings. The van der Waals surface area contributed by atoms with E-state index in [1.807, 2.05) is 146 Å². The van der Waals surface area contributed by atoms with Crippen LogP contribution in [0.2, 0.25) is 0 Å². The highest BCUT2D eigenvalue weighted by Crippen LogP contribution is 2.26. The molecule has 0 radical (unpaired) electrons. The van der Waals surface area contributed by atoms with Crippen molar-refractivity contribution >= 4 is 22.1 Å². The van der Waals surface area contributed by atoms with Gasteiger partial charge in [-0.1, -0.05) is 120 Å². The van der Waals surface area contributed by atoms with E-state index >= 15 is 0 Å². The Kier molecular flexibility index (Phi) is 8.03. The molecule has 0 atom stereocenters. The minimum atomic E-state index is 0.673. The number of benzene rings is 6. The number of fused-ring (bicyclic) bond motifs is 2. The van der Waals surface area contributed by atoms with E-state index in [0.717, 1.165) is 44.5 Å². The van der Waals surface area contributed by atoms with E-state index in [2.05, 4.69) is 47.4 Å². The van der Waals surface area contributed by atoms with Gasteiger partial charge in [0.25, 0.3) is 0 Å². The van der Waals surface area contributed by atoms with Crippen molar-refractivity contribution in [2.24, 2.45) is 0 Å². The summed E-state index contributed by atoms with van der Waals surface area (Å²) in [5.74, 6) is 26.5. The molecule has 1 aromatic heterocycles. The molecule has 0 amide bonds. The first-order valence-electron chi connectivity index (χ1n) is 14.9. The van der Waals surface area contributed by atoms with Crippen molar-refractivity contribution < 1.29 is 0 Å². The summed E-state index contributed by atoms with van der Waals surface area (Å²) >= 11 is 0. The summed E-state index contributed by atoms with van der Waals surface area (Å²) in [6.45, 7) is 0. The second kappa shape index (κ2) is 13.2. The van der Waals surface area contributed by atoms with Crippen LogP contribution in [0.3, 0.4) is 0 Å². The lowest BCUT2D eigenvalue weighted by molar-refractivity contribution is 1.36. The minimum absolute atomic E-state index is 0.673. The van der Waals surface area contributed by atoms with Crippen molar-refractivity contribution in [3.8, 4) is 47.4 Å². The summed E-state index contributed by atoms with van der Waals surface area (Å²) in [5, 5.41) is 0. The fourth-order valence-electron chi connectivity index (χ4n) is 4.88. The molecular weight excluding hydrogens is 556 g/mol. The maximum Gasteiger partial charge on any atom is 0.106 e. The fourth-order valence-corrected chi connectivity index (χ4v) is 4.88. The molecule has 7 aromatic rings. The van der Waals surface area contributed by atoms with Gasteiger partial charge in [-0.05, 0) is 72.8 Å². The summed E-state index contributed by atoms with van der Waals surface area (Å²) in [6, 6.07) is 47.6. The average molecular weight is 581 g/mol. The second-order valence-electron chi connectivity index (χ2n) is 10.4. The molecule has 0 saturated heterocycles. The van der Waals surface area contributed by atoms with Crippen LogP contribution in [0, 0.1) is 47.4 Å². The highest BCUT2D eigenvalue weighted by Gasteiger charge is 2.14. The van der Waals surface area contributed by atoms with Crippen molar-refractivity contribution in [3.63, 3.8) is 0 Å². The molecular formula is C44H24N2. The first kappa shape index (κ1) is 28.0. The van der Waals surface area contributed by atoms with E-state index in [4.69, 9.17) is 9.97 Å². The van der Waals surface area contributed by atoms with Gasteiger partial charge in [-0.25, -0.2) is 9.97 Å². The lowest BCUT2D eigenvalue weighted by atomic mass is 10.0. The maximum absolute atomic E-state index is 5.23. The number of hydrogen-bond acceptors (Lipinski definition) is 2. The molecule has 6 aromatic carbocycles. The Bertz CT molecular complexity index is 2100. The lowest BCUT2D eigenvalue weighted by Gasteiger charge is -2.08. The molecule has 0 saturated carbocycles. The fraction of sp³-hybridized carbons (Fsp3) is 0. The van der Waals surface area contributed by atoms with E-state index in [-0.39, 0.29) is 0 Å². The highest BCUT2D eigenvalue weighted by molar-refractivity contribution is 5.97. The van der Waals surface area contributed by atoms with E-state index in [1.165, 1.54) is 0 Å². The summed E-state index contributed by atoms with van der Waals surface area (Å²) in [7, 11) is 0. The summed E-state index contributed by atoms with van der Waals surface area (Å²) in [4.78, 5) is 10.5. The molecule has 0 spiro atoms. The Morgan fingerprint density at radius 3 is 0.674 bits per heavy atom. The van der Waals surface area contributed by atoms with Crippen LogP contribution in [0.4, 0.5) is 0 Å². The van der Waals surface area contributed by atoms with Crippen LogP contribution in [0.25, 0.3) is 22.1 Å². The second-order valence-corrected chi connectivity index (χ2v) is 10.4. The van der Waals surface area contributed by atoms with E-state index in [9.17, 15) is 0 Å². The molecule has 0 aliphatic heterocycles. The third kappa shape index (κ3) is 6.40. The normalized spacial score (nSPS) is 9.91. The number of nitrogens with zero attached hydrogens (tertiary/aromatic N) is 2. The topological polar surface area (TPSA) is 25.8 Å². The van der Waals surface area contributed by atoms with E-state index in [1.54, 1.807) is 0 Å². The monoisotopic (exact) mass is 580 g/mol. The Morgan fingerprint density at radius 2 is 0.457 bits per heavy atom. The molecule has 0 bridgehead atoms. The zero-order valence-corrected chi connectivity index (χ0v) is 24.8. The standard InChI is InChI=1S/C44H24N2/c1-5-13-33(14-6-1)21-25-37-29-30-38(26-22-34-15-7-2-8-16-34)42-41(37)45-43-39(27-23-35-17-9-3-10-18-35)31-32-40(44(43)46-42)28-24-36-19-11-4-12-20-36/h1-20,29-32H. The average Bonchev–Trinajstić information content (AvgIpc) is 3.12. The number of rotatable bonds is 0. The Morgan fingerprint density at radius 1 is 0.239 bits per heavy atom. The molecule has 2 heteroatoms. The van der Waals surface area contributed by atoms with Crippen molar-refractivity contribution in [2.45, 2.75) is 0 Å². The lowest BCUT2D eigenvalue weighted by Crippen LogP contribution is -1.98. The predicted octanol–water partition coefficient (Wildman–Crippen LogP) is 8.38. The molecule has 0 aliphatic carbocycles. The Hall–Kier alpha value is -6.84. The van der Waals surface area contributed by atoms with Crippen LogP contribution in [0.15, 0.2) is 146 Å². The zero-order valence-electron chi connectivity index (χ0n) is 24.8. The van der Waals surface area contributed by atoms with Crippen molar-refractivity contribution in [1.82, 2.24) is 9.97 Å². The summed E-state index contributed by atoms with van der Waals surface area (Å²) in [6.07, 6.45) is 0. The SMILES string of the molecule is C(#Cc1ccc(C#Cc2ccccc2)c2nc3c(C#Cc4ccccc4)ccc(C#Cc4ccccc4)c3nc12)c1ccccc1. The van der Waals surface area contributed by atoms with Gasteiger partial charge in [0.05, 0.1) is 22.3 Å². The molecule has 2 nitrogen and oxygen atoms in total. The number of hydrogen-bond donors (Lipinski definition) is 0. The minimum Gasteiger partial charge on any atom is -0.242 e. The van der Waals surface area contributed by atoms with Crippen LogP contribution >= 0.6 is 0 Å². The van der Waals surface area contributed by atoms with Crippen LogP contribution < -0.4 is 0 Å². The molecule has 0 N–H and O–H groups in total. The van der Waals surface area contributed by atoms with Crippen LogP contribution in [-0.4, -0.2) is 9.97 Å². The molecule has 210 valence electrons. The van der Waals surface area contributed by atoms with Crippen molar-refractivity contribution in [2.75, 3.05) is 0 Å². The van der Waals surface area contributed by atoms with Gasteiger partial charge in [-0.15, -0.1) is 0 Å². The zero-order chi connectivity index (χ0) is 31.0. The van der Waals surface area contributed by atoms with Crippen LogP contribution in [0.5, 0.6) is 0 Å². The Labute approximate surface area is 268 Å². The molecule has 46 heavy (non-hydrogen) atoms. The summed E-state index contributed by atoms with van der Waals surface area (Å²) in [5.41, 5.74) is 9.44. The van der Waals surface area contributed by atoms with Gasteiger partial charge in [0.15, 0.2) is 0 Å². The van der Waals surface area contributed by atoms with Gasteiger partial charge in [-0.3, -0.25) is 0 Å². The van der Waals surface area contributed by atoms with Crippen molar-refractivity contribution in [3.05, 3.63) is 190 Å². The third-order valence-electron chi connectivity index (χ3n) is 7.21. The van der Waals surface area contributed by atoms with Crippen LogP contribution in [-0.2, 0) is 0 Å².